The summed E-state index contributed by atoms with van der Waals surface area (Å²) >= 11 is 5.75. The van der Waals surface area contributed by atoms with Gasteiger partial charge in [0.05, 0.1) is 21.8 Å². The van der Waals surface area contributed by atoms with Gasteiger partial charge in [-0.05, 0) is 30.3 Å². The molecule has 1 heterocycles. The number of nitrogens with zero attached hydrogens (tertiary/aromatic N) is 1. The molecule has 24 heavy (non-hydrogen) atoms. The molecule has 0 atom stereocenters. The van der Waals surface area contributed by atoms with Gasteiger partial charge in [0.1, 0.15) is 0 Å². The lowest BCUT2D eigenvalue weighted by molar-refractivity contribution is -0.137. The first kappa shape index (κ1) is 17.7. The van der Waals surface area contributed by atoms with Gasteiger partial charge in [0.2, 0.25) is 0 Å². The Morgan fingerprint density at radius 2 is 2.00 bits per heavy atom. The highest BCUT2D eigenvalue weighted by Gasteiger charge is 2.31. The van der Waals surface area contributed by atoms with Crippen LogP contribution in [0.5, 0.6) is 0 Å². The Bertz CT molecular complexity index is 751. The highest BCUT2D eigenvalue weighted by Crippen LogP contribution is 2.33. The number of rotatable bonds is 4. The van der Waals surface area contributed by atoms with Crippen molar-refractivity contribution in [3.8, 4) is 0 Å². The molecule has 1 N–H and O–H groups in total. The lowest BCUT2D eigenvalue weighted by atomic mass is 10.2. The summed E-state index contributed by atoms with van der Waals surface area (Å²) in [5.74, 6) is -1.61. The summed E-state index contributed by atoms with van der Waals surface area (Å²) in [5, 5.41) is 2.09. The number of alkyl halides is 3. The average molecular weight is 359 g/mol. The first-order valence-corrected chi connectivity index (χ1v) is 6.89. The highest BCUT2D eigenvalue weighted by atomic mass is 35.5. The summed E-state index contributed by atoms with van der Waals surface area (Å²) < 4.78 is 42.7. The molecule has 2 rings (SSSR count). The normalized spacial score (nSPS) is 11.0. The number of aromatic nitrogens is 1. The number of halogens is 4. The predicted molar refractivity (Wildman–Crippen MR) is 79.6 cm³/mol. The fraction of sp³-hybridized carbons (Fsp3) is 0.133. The maximum absolute atomic E-state index is 12.6. The van der Waals surface area contributed by atoms with E-state index in [0.29, 0.717) is 6.07 Å². The minimum Gasteiger partial charge on any atom is -0.452 e. The van der Waals surface area contributed by atoms with Crippen LogP contribution in [0.4, 0.5) is 18.9 Å². The molecular formula is C15H10ClF3N2O3. The number of anilines is 1. The zero-order valence-corrected chi connectivity index (χ0v) is 12.7. The third kappa shape index (κ3) is 4.69. The van der Waals surface area contributed by atoms with Crippen LogP contribution in [0.3, 0.4) is 0 Å². The smallest absolute Gasteiger partial charge is 0.416 e. The molecule has 0 unspecified atom stereocenters. The SMILES string of the molecule is O=C(COC(=O)c1cccnc1)Nc1cc(C(F)(F)F)ccc1Cl. The van der Waals surface area contributed by atoms with Gasteiger partial charge < -0.3 is 10.1 Å². The van der Waals surface area contributed by atoms with Crippen molar-refractivity contribution in [2.24, 2.45) is 0 Å². The molecule has 1 aromatic carbocycles. The average Bonchev–Trinajstić information content (AvgIpc) is 2.54. The third-order valence-corrected chi connectivity index (χ3v) is 3.13. The van der Waals surface area contributed by atoms with Crippen LogP contribution in [0.1, 0.15) is 15.9 Å². The molecule has 1 amide bonds. The molecule has 0 aliphatic rings. The summed E-state index contributed by atoms with van der Waals surface area (Å²) in [4.78, 5) is 27.1. The Morgan fingerprint density at radius 3 is 2.62 bits per heavy atom. The number of ether oxygens (including phenoxy) is 1. The zero-order chi connectivity index (χ0) is 17.7. The number of carbonyl (C=O) groups is 2. The minimum absolute atomic E-state index is 0.0741. The van der Waals surface area contributed by atoms with E-state index in [0.717, 1.165) is 12.1 Å². The Balaban J connectivity index is 1.99. The molecule has 0 saturated heterocycles. The van der Waals surface area contributed by atoms with E-state index < -0.39 is 30.2 Å². The van der Waals surface area contributed by atoms with Crippen LogP contribution in [-0.4, -0.2) is 23.5 Å². The van der Waals surface area contributed by atoms with Crippen molar-refractivity contribution < 1.29 is 27.5 Å². The van der Waals surface area contributed by atoms with Crippen molar-refractivity contribution in [1.82, 2.24) is 4.98 Å². The van der Waals surface area contributed by atoms with Gasteiger partial charge in [-0.15, -0.1) is 0 Å². The minimum atomic E-state index is -4.57. The lowest BCUT2D eigenvalue weighted by Gasteiger charge is -2.11. The fourth-order valence-electron chi connectivity index (χ4n) is 1.68. The third-order valence-electron chi connectivity index (χ3n) is 2.80. The number of benzene rings is 1. The Morgan fingerprint density at radius 1 is 1.25 bits per heavy atom. The molecule has 0 fully saturated rings. The number of esters is 1. The number of amides is 1. The molecular weight excluding hydrogens is 349 g/mol. The molecule has 0 saturated carbocycles. The van der Waals surface area contributed by atoms with Gasteiger partial charge in [0.15, 0.2) is 6.61 Å². The van der Waals surface area contributed by atoms with Crippen molar-refractivity contribution in [2.45, 2.75) is 6.18 Å². The van der Waals surface area contributed by atoms with Gasteiger partial charge in [-0.1, -0.05) is 11.6 Å². The summed E-state index contributed by atoms with van der Waals surface area (Å²) in [6.45, 7) is -0.680. The van der Waals surface area contributed by atoms with E-state index in [1.807, 2.05) is 0 Å². The molecule has 0 radical (unpaired) electrons. The molecule has 0 aliphatic heterocycles. The topological polar surface area (TPSA) is 68.3 Å². The molecule has 126 valence electrons. The summed E-state index contributed by atoms with van der Waals surface area (Å²) in [7, 11) is 0. The van der Waals surface area contributed by atoms with E-state index in [4.69, 9.17) is 16.3 Å². The van der Waals surface area contributed by atoms with E-state index in [1.54, 1.807) is 0 Å². The predicted octanol–water partition coefficient (Wildman–Crippen LogP) is 3.55. The molecule has 0 aliphatic carbocycles. The molecule has 9 heteroatoms. The van der Waals surface area contributed by atoms with Crippen LogP contribution >= 0.6 is 11.6 Å². The van der Waals surface area contributed by atoms with Gasteiger partial charge >= 0.3 is 12.1 Å². The van der Waals surface area contributed by atoms with Crippen LogP contribution < -0.4 is 5.32 Å². The second-order valence-corrected chi connectivity index (χ2v) is 4.97. The Hall–Kier alpha value is -2.61. The fourth-order valence-corrected chi connectivity index (χ4v) is 1.85. The van der Waals surface area contributed by atoms with E-state index in [1.165, 1.54) is 24.5 Å². The van der Waals surface area contributed by atoms with Crippen LogP contribution in [-0.2, 0) is 15.7 Å². The molecule has 0 spiro atoms. The number of hydrogen-bond donors (Lipinski definition) is 1. The first-order chi connectivity index (χ1) is 11.3. The van der Waals surface area contributed by atoms with Crippen molar-refractivity contribution in [3.63, 3.8) is 0 Å². The number of pyridine rings is 1. The van der Waals surface area contributed by atoms with Crippen LogP contribution in [0.15, 0.2) is 42.7 Å². The quantitative estimate of drug-likeness (QED) is 0.849. The van der Waals surface area contributed by atoms with Crippen molar-refractivity contribution in [1.29, 1.82) is 0 Å². The molecule has 2 aromatic rings. The summed E-state index contributed by atoms with van der Waals surface area (Å²) in [6, 6.07) is 5.46. The van der Waals surface area contributed by atoms with Gasteiger partial charge in [0.25, 0.3) is 5.91 Å². The number of nitrogens with one attached hydrogen (secondary N) is 1. The van der Waals surface area contributed by atoms with Gasteiger partial charge in [0, 0.05) is 12.4 Å². The summed E-state index contributed by atoms with van der Waals surface area (Å²) in [6.07, 6.45) is -1.86. The van der Waals surface area contributed by atoms with Crippen molar-refractivity contribution in [2.75, 3.05) is 11.9 Å². The van der Waals surface area contributed by atoms with E-state index in [2.05, 4.69) is 10.3 Å². The number of carbonyl (C=O) groups excluding carboxylic acids is 2. The first-order valence-electron chi connectivity index (χ1n) is 6.51. The second-order valence-electron chi connectivity index (χ2n) is 4.56. The standard InChI is InChI=1S/C15H10ClF3N2O3/c16-11-4-3-10(15(17,18)19)6-12(11)21-13(22)8-24-14(23)9-2-1-5-20-7-9/h1-7H,8H2,(H,21,22). The zero-order valence-electron chi connectivity index (χ0n) is 11.9. The van der Waals surface area contributed by atoms with Crippen molar-refractivity contribution in [3.05, 3.63) is 58.9 Å². The molecule has 0 bridgehead atoms. The van der Waals surface area contributed by atoms with E-state index >= 15 is 0 Å². The van der Waals surface area contributed by atoms with E-state index in [9.17, 15) is 22.8 Å². The van der Waals surface area contributed by atoms with Gasteiger partial charge in [-0.25, -0.2) is 4.79 Å². The highest BCUT2D eigenvalue weighted by molar-refractivity contribution is 6.33. The Kier molecular flexibility index (Phi) is 5.40. The molecule has 5 nitrogen and oxygen atoms in total. The molecule has 1 aromatic heterocycles. The monoisotopic (exact) mass is 358 g/mol. The lowest BCUT2D eigenvalue weighted by Crippen LogP contribution is -2.21. The maximum atomic E-state index is 12.6. The summed E-state index contributed by atoms with van der Waals surface area (Å²) in [5.41, 5.74) is -1.05. The van der Waals surface area contributed by atoms with Crippen LogP contribution in [0.2, 0.25) is 5.02 Å². The largest absolute Gasteiger partial charge is 0.452 e. The van der Waals surface area contributed by atoms with Gasteiger partial charge in [-0.2, -0.15) is 13.2 Å². The van der Waals surface area contributed by atoms with Crippen molar-refractivity contribution >= 4 is 29.2 Å². The second kappa shape index (κ2) is 7.31. The van der Waals surface area contributed by atoms with E-state index in [-0.39, 0.29) is 16.3 Å². The Labute approximate surface area is 139 Å². The van der Waals surface area contributed by atoms with Gasteiger partial charge in [-0.3, -0.25) is 9.78 Å². The van der Waals surface area contributed by atoms with Crippen LogP contribution in [0, 0.1) is 0 Å². The number of hydrogen-bond acceptors (Lipinski definition) is 4. The van der Waals surface area contributed by atoms with Crippen LogP contribution in [0.25, 0.3) is 0 Å². The maximum Gasteiger partial charge on any atom is 0.416 e.